The third-order valence-corrected chi connectivity index (χ3v) is 0. The van der Waals surface area contributed by atoms with Crippen molar-refractivity contribution in [3.8, 4) is 0 Å². The number of hydrogen-bond acceptors (Lipinski definition) is 0. The van der Waals surface area contributed by atoms with Crippen molar-refractivity contribution in [1.82, 2.24) is 0 Å². The molecule has 0 unspecified atom stereocenters. The Bertz CT molecular complexity index is 0. The summed E-state index contributed by atoms with van der Waals surface area (Å²) in [5, 5.41) is 0. The van der Waals surface area contributed by atoms with Crippen LogP contribution in [0.25, 0.3) is 0 Å². The SMILES string of the molecule is [Ge].[Ge].[Ge].[Ge].[Ge]. The van der Waals surface area contributed by atoms with E-state index in [0.29, 0.717) is 0 Å². The van der Waals surface area contributed by atoms with Crippen LogP contribution in [0.5, 0.6) is 0 Å². The fraction of sp³-hybridized carbons (Fsp3) is 0. The van der Waals surface area contributed by atoms with Crippen molar-refractivity contribution >= 4 is 88.0 Å². The van der Waals surface area contributed by atoms with Crippen LogP contribution in [-0.4, -0.2) is 88.0 Å². The zero-order chi connectivity index (χ0) is 0. The maximum absolute atomic E-state index is 0. The van der Waals surface area contributed by atoms with Crippen LogP contribution in [0.1, 0.15) is 0 Å². The molecular weight excluding hydrogens is 363 g/mol. The summed E-state index contributed by atoms with van der Waals surface area (Å²) in [5.74, 6) is 0. The van der Waals surface area contributed by atoms with Crippen LogP contribution in [0, 0.1) is 0 Å². The molecule has 0 atom stereocenters. The Morgan fingerprint density at radius 3 is 0.200 bits per heavy atom. The summed E-state index contributed by atoms with van der Waals surface area (Å²) in [6.07, 6.45) is 0. The van der Waals surface area contributed by atoms with Gasteiger partial charge in [-0.25, -0.2) is 0 Å². The fourth-order valence-electron chi connectivity index (χ4n) is 0. The molecule has 0 aromatic carbocycles. The zero-order valence-corrected chi connectivity index (χ0v) is 13.0. The van der Waals surface area contributed by atoms with Gasteiger partial charge in [0.1, 0.15) is 0 Å². The Morgan fingerprint density at radius 2 is 0.200 bits per heavy atom. The minimum Gasteiger partial charge on any atom is 0 e. The standard InChI is InChI=1S/5Ge. The predicted octanol–water partition coefficient (Wildman–Crippen LogP) is -1.90. The van der Waals surface area contributed by atoms with E-state index in [1.54, 1.807) is 0 Å². The summed E-state index contributed by atoms with van der Waals surface area (Å²) in [7, 11) is 0. The largest absolute Gasteiger partial charge is 0 e. The quantitative estimate of drug-likeness (QED) is 0.441. The Morgan fingerprint density at radius 1 is 0.200 bits per heavy atom. The van der Waals surface area contributed by atoms with Crippen molar-refractivity contribution in [3.63, 3.8) is 0 Å². The van der Waals surface area contributed by atoms with Gasteiger partial charge in [-0.2, -0.15) is 0 Å². The van der Waals surface area contributed by atoms with Gasteiger partial charge in [0, 0.05) is 88.0 Å². The summed E-state index contributed by atoms with van der Waals surface area (Å²) >= 11 is 0. The van der Waals surface area contributed by atoms with Crippen molar-refractivity contribution in [2.75, 3.05) is 0 Å². The van der Waals surface area contributed by atoms with Gasteiger partial charge < -0.3 is 0 Å². The summed E-state index contributed by atoms with van der Waals surface area (Å²) in [4.78, 5) is 0. The van der Waals surface area contributed by atoms with Gasteiger partial charge in [-0.15, -0.1) is 0 Å². The fourth-order valence-corrected chi connectivity index (χ4v) is 0. The van der Waals surface area contributed by atoms with Crippen LogP contribution < -0.4 is 0 Å². The van der Waals surface area contributed by atoms with Crippen LogP contribution in [0.3, 0.4) is 0 Å². The average Bonchev–Trinajstić information content (AvgIpc) is 0. The second-order valence-corrected chi connectivity index (χ2v) is 0. The van der Waals surface area contributed by atoms with E-state index in [1.165, 1.54) is 0 Å². The van der Waals surface area contributed by atoms with E-state index in [2.05, 4.69) is 0 Å². The van der Waals surface area contributed by atoms with Crippen molar-refractivity contribution in [2.45, 2.75) is 0 Å². The van der Waals surface area contributed by atoms with Gasteiger partial charge in [0.25, 0.3) is 0 Å². The maximum Gasteiger partial charge on any atom is 0 e. The maximum atomic E-state index is 0. The van der Waals surface area contributed by atoms with Crippen LogP contribution >= 0.6 is 0 Å². The molecule has 0 N–H and O–H groups in total. The Kier molecular flexibility index (Phi) is 281. The van der Waals surface area contributed by atoms with Crippen LogP contribution in [-0.2, 0) is 0 Å². The van der Waals surface area contributed by atoms with E-state index in [0.717, 1.165) is 0 Å². The summed E-state index contributed by atoms with van der Waals surface area (Å²) in [5.41, 5.74) is 0. The van der Waals surface area contributed by atoms with E-state index in [-0.39, 0.29) is 88.0 Å². The first kappa shape index (κ1) is 47.2. The molecule has 0 fully saturated rings. The van der Waals surface area contributed by atoms with Crippen LogP contribution in [0.2, 0.25) is 0 Å². The predicted molar refractivity (Wildman–Crippen MR) is 28.8 cm³/mol. The van der Waals surface area contributed by atoms with E-state index >= 15 is 0 Å². The van der Waals surface area contributed by atoms with Gasteiger partial charge in [-0.1, -0.05) is 0 Å². The second-order valence-electron chi connectivity index (χ2n) is 0. The molecule has 0 rings (SSSR count). The van der Waals surface area contributed by atoms with Crippen LogP contribution in [0.4, 0.5) is 0 Å². The third-order valence-electron chi connectivity index (χ3n) is 0. The molecule has 20 radical (unpaired) electrons. The Balaban J connectivity index is 0. The van der Waals surface area contributed by atoms with Crippen molar-refractivity contribution in [2.24, 2.45) is 0 Å². The summed E-state index contributed by atoms with van der Waals surface area (Å²) in [6, 6.07) is 0. The zero-order valence-electron chi connectivity index (χ0n) is 2.50. The van der Waals surface area contributed by atoms with Gasteiger partial charge in [0.2, 0.25) is 0 Å². The van der Waals surface area contributed by atoms with Crippen molar-refractivity contribution < 1.29 is 0 Å². The summed E-state index contributed by atoms with van der Waals surface area (Å²) < 4.78 is 0. The molecule has 5 heteroatoms. The van der Waals surface area contributed by atoms with Crippen molar-refractivity contribution in [1.29, 1.82) is 0 Å². The first-order valence-corrected chi connectivity index (χ1v) is 0. The van der Waals surface area contributed by atoms with Gasteiger partial charge in [0.15, 0.2) is 0 Å². The Labute approximate surface area is 86.9 Å². The van der Waals surface area contributed by atoms with E-state index in [1.807, 2.05) is 0 Å². The molecule has 20 valence electrons. The van der Waals surface area contributed by atoms with Gasteiger partial charge in [-0.3, -0.25) is 0 Å². The molecule has 0 spiro atoms. The number of hydrogen-bond donors (Lipinski definition) is 0. The third kappa shape index (κ3) is 20.3. The Hall–Kier alpha value is 2.71. The first-order valence-electron chi connectivity index (χ1n) is 0. The molecule has 0 amide bonds. The second kappa shape index (κ2) is 29.8. The molecular formula is Ge5. The van der Waals surface area contributed by atoms with Gasteiger partial charge in [0.05, 0.1) is 0 Å². The van der Waals surface area contributed by atoms with E-state index in [9.17, 15) is 0 Å². The topological polar surface area (TPSA) is 0 Å². The monoisotopic (exact) mass is 370 g/mol. The molecule has 0 aliphatic carbocycles. The molecule has 5 heavy (non-hydrogen) atoms. The van der Waals surface area contributed by atoms with Crippen molar-refractivity contribution in [3.05, 3.63) is 0 Å². The van der Waals surface area contributed by atoms with Crippen LogP contribution in [0.15, 0.2) is 0 Å². The minimum atomic E-state index is 0. The van der Waals surface area contributed by atoms with E-state index in [4.69, 9.17) is 0 Å². The minimum absolute atomic E-state index is 0. The van der Waals surface area contributed by atoms with Gasteiger partial charge in [-0.05, 0) is 0 Å². The molecule has 0 bridgehead atoms. The molecule has 0 aliphatic heterocycles. The summed E-state index contributed by atoms with van der Waals surface area (Å²) in [6.45, 7) is 0. The first-order chi connectivity index (χ1) is 0. The normalized spacial score (nSPS) is 0. The molecule has 0 nitrogen and oxygen atoms in total. The van der Waals surface area contributed by atoms with E-state index < -0.39 is 0 Å². The molecule has 0 saturated carbocycles. The molecule has 0 aliphatic rings. The smallest absolute Gasteiger partial charge is 0 e. The molecule has 0 aromatic heterocycles. The van der Waals surface area contributed by atoms with Gasteiger partial charge >= 0.3 is 0 Å². The average molecular weight is 363 g/mol. The molecule has 0 heterocycles. The molecule has 0 saturated heterocycles. The molecule has 0 aromatic rings. The number of rotatable bonds is 0.